The molecule has 0 aliphatic rings. The molecule has 2 aromatic carbocycles. The van der Waals surface area contributed by atoms with Gasteiger partial charge in [0.25, 0.3) is 5.91 Å². The number of hydrogen-bond acceptors (Lipinski definition) is 4. The summed E-state index contributed by atoms with van der Waals surface area (Å²) in [4.78, 5) is 16.9. The van der Waals surface area contributed by atoms with E-state index in [1.165, 1.54) is 0 Å². The molecule has 5 heteroatoms. The Hall–Kier alpha value is -3.62. The average molecular weight is 357 g/mol. The lowest BCUT2D eigenvalue weighted by Gasteiger charge is -2.10. The molecule has 3 N–H and O–H groups in total. The van der Waals surface area contributed by atoms with Gasteiger partial charge in [0.05, 0.1) is 0 Å². The minimum Gasteiger partial charge on any atom is -0.439 e. The lowest BCUT2D eigenvalue weighted by Crippen LogP contribution is -2.12. The molecule has 3 rings (SSSR count). The number of anilines is 1. The second-order valence-corrected chi connectivity index (χ2v) is 5.97. The van der Waals surface area contributed by atoms with Gasteiger partial charge in [-0.15, -0.1) is 6.42 Å². The van der Waals surface area contributed by atoms with E-state index in [0.29, 0.717) is 35.0 Å². The van der Waals surface area contributed by atoms with Gasteiger partial charge in [0.15, 0.2) is 0 Å². The van der Waals surface area contributed by atoms with Crippen LogP contribution in [-0.4, -0.2) is 10.9 Å². The first-order valence-electron chi connectivity index (χ1n) is 8.41. The number of nitrogens with one attached hydrogen (secondary N) is 1. The van der Waals surface area contributed by atoms with Gasteiger partial charge in [-0.25, -0.2) is 4.98 Å². The molecule has 0 aliphatic carbocycles. The molecule has 0 bridgehead atoms. The Kier molecular flexibility index (Phi) is 5.50. The summed E-state index contributed by atoms with van der Waals surface area (Å²) in [6.45, 7) is 2.28. The van der Waals surface area contributed by atoms with Crippen molar-refractivity contribution < 1.29 is 9.53 Å². The Bertz CT molecular complexity index is 1020. The largest absolute Gasteiger partial charge is 0.439 e. The molecular formula is C22H19N3O2. The highest BCUT2D eigenvalue weighted by Gasteiger charge is 2.09. The Morgan fingerprint density at radius 3 is 2.78 bits per heavy atom. The number of aryl methyl sites for hydroxylation is 1. The van der Waals surface area contributed by atoms with E-state index in [9.17, 15) is 4.79 Å². The number of nitrogens with zero attached hydrogens (tertiary/aromatic N) is 1. The summed E-state index contributed by atoms with van der Waals surface area (Å²) in [5, 5.41) is 2.83. The standard InChI is InChI=1S/C22H19N3O2/c1-3-16-6-4-8-19(11-16)25-22(26)18-7-5-9-20(13-18)27-21-12-17(14-23)10-15(2)24-21/h1,4-13H,14,23H2,2H3,(H,25,26). The fourth-order valence-corrected chi connectivity index (χ4v) is 2.59. The van der Waals surface area contributed by atoms with Gasteiger partial charge in [0.2, 0.25) is 5.88 Å². The number of carbonyl (C=O) groups excluding carboxylic acids is 1. The Morgan fingerprint density at radius 1 is 1.19 bits per heavy atom. The Balaban J connectivity index is 1.78. The van der Waals surface area contributed by atoms with E-state index in [4.69, 9.17) is 16.9 Å². The zero-order chi connectivity index (χ0) is 19.2. The molecule has 3 aromatic rings. The van der Waals surface area contributed by atoms with Crippen LogP contribution < -0.4 is 15.8 Å². The van der Waals surface area contributed by atoms with Crippen molar-refractivity contribution in [3.8, 4) is 24.0 Å². The van der Waals surface area contributed by atoms with Crippen molar-refractivity contribution in [3.05, 3.63) is 83.0 Å². The van der Waals surface area contributed by atoms with Crippen LogP contribution in [0.1, 0.15) is 27.2 Å². The van der Waals surface area contributed by atoms with Crippen molar-refractivity contribution in [1.82, 2.24) is 4.98 Å². The van der Waals surface area contributed by atoms with Gasteiger partial charge >= 0.3 is 0 Å². The molecule has 0 spiro atoms. The number of benzene rings is 2. The number of terminal acetylenes is 1. The van der Waals surface area contributed by atoms with Crippen LogP contribution in [0.3, 0.4) is 0 Å². The summed E-state index contributed by atoms with van der Waals surface area (Å²) in [5.41, 5.74) is 9.23. The SMILES string of the molecule is C#Cc1cccc(NC(=O)c2cccc(Oc3cc(CN)cc(C)n3)c2)c1. The summed E-state index contributed by atoms with van der Waals surface area (Å²) in [6, 6.07) is 17.7. The van der Waals surface area contributed by atoms with Crippen LogP contribution >= 0.6 is 0 Å². The molecule has 0 saturated carbocycles. The highest BCUT2D eigenvalue weighted by molar-refractivity contribution is 6.04. The lowest BCUT2D eigenvalue weighted by atomic mass is 10.1. The van der Waals surface area contributed by atoms with Crippen LogP contribution in [0, 0.1) is 19.3 Å². The summed E-state index contributed by atoms with van der Waals surface area (Å²) in [7, 11) is 0. The first kappa shape index (κ1) is 18.2. The van der Waals surface area contributed by atoms with E-state index in [1.807, 2.05) is 13.0 Å². The predicted octanol–water partition coefficient (Wildman–Crippen LogP) is 3.87. The minimum absolute atomic E-state index is 0.255. The second-order valence-electron chi connectivity index (χ2n) is 5.97. The van der Waals surface area contributed by atoms with Crippen molar-refractivity contribution in [2.24, 2.45) is 5.73 Å². The summed E-state index contributed by atoms with van der Waals surface area (Å²) >= 11 is 0. The number of amides is 1. The van der Waals surface area contributed by atoms with E-state index in [-0.39, 0.29) is 5.91 Å². The molecule has 1 aromatic heterocycles. The normalized spacial score (nSPS) is 10.1. The molecule has 0 unspecified atom stereocenters. The lowest BCUT2D eigenvalue weighted by molar-refractivity contribution is 0.102. The van der Waals surface area contributed by atoms with E-state index < -0.39 is 0 Å². The van der Waals surface area contributed by atoms with Crippen LogP contribution in [0.4, 0.5) is 5.69 Å². The third-order valence-electron chi connectivity index (χ3n) is 3.83. The number of nitrogens with two attached hydrogens (primary N) is 1. The molecule has 134 valence electrons. The molecule has 0 saturated heterocycles. The Labute approximate surface area is 158 Å². The number of carbonyl (C=O) groups is 1. The highest BCUT2D eigenvalue weighted by Crippen LogP contribution is 2.23. The monoisotopic (exact) mass is 357 g/mol. The quantitative estimate of drug-likeness (QED) is 0.680. The molecule has 0 radical (unpaired) electrons. The van der Waals surface area contributed by atoms with Crippen LogP contribution in [0.5, 0.6) is 11.6 Å². The maximum absolute atomic E-state index is 12.5. The van der Waals surface area contributed by atoms with Crippen molar-refractivity contribution in [1.29, 1.82) is 0 Å². The topological polar surface area (TPSA) is 77.2 Å². The van der Waals surface area contributed by atoms with Gasteiger partial charge in [-0.3, -0.25) is 4.79 Å². The summed E-state index contributed by atoms with van der Waals surface area (Å²) in [6.07, 6.45) is 5.39. The fraction of sp³-hybridized carbons (Fsp3) is 0.0909. The highest BCUT2D eigenvalue weighted by atomic mass is 16.5. The fourth-order valence-electron chi connectivity index (χ4n) is 2.59. The van der Waals surface area contributed by atoms with Gasteiger partial charge in [-0.2, -0.15) is 0 Å². The van der Waals surface area contributed by atoms with Gasteiger partial charge < -0.3 is 15.8 Å². The second kappa shape index (κ2) is 8.17. The first-order valence-corrected chi connectivity index (χ1v) is 8.41. The number of pyridine rings is 1. The van der Waals surface area contributed by atoms with E-state index in [0.717, 1.165) is 11.3 Å². The van der Waals surface area contributed by atoms with E-state index in [2.05, 4.69) is 16.2 Å². The maximum atomic E-state index is 12.5. The molecule has 1 amide bonds. The van der Waals surface area contributed by atoms with Crippen molar-refractivity contribution in [3.63, 3.8) is 0 Å². The third-order valence-corrected chi connectivity index (χ3v) is 3.83. The number of rotatable bonds is 5. The van der Waals surface area contributed by atoms with Gasteiger partial charge in [0.1, 0.15) is 5.75 Å². The molecule has 0 aliphatic heterocycles. The molecular weight excluding hydrogens is 338 g/mol. The predicted molar refractivity (Wildman–Crippen MR) is 106 cm³/mol. The Morgan fingerprint density at radius 2 is 2.00 bits per heavy atom. The van der Waals surface area contributed by atoms with Crippen LogP contribution in [0.25, 0.3) is 0 Å². The van der Waals surface area contributed by atoms with Crippen molar-refractivity contribution >= 4 is 11.6 Å². The zero-order valence-electron chi connectivity index (χ0n) is 14.9. The van der Waals surface area contributed by atoms with E-state index in [1.54, 1.807) is 54.6 Å². The minimum atomic E-state index is -0.255. The van der Waals surface area contributed by atoms with Crippen LogP contribution in [0.15, 0.2) is 60.7 Å². The molecule has 27 heavy (non-hydrogen) atoms. The summed E-state index contributed by atoms with van der Waals surface area (Å²) in [5.74, 6) is 3.24. The van der Waals surface area contributed by atoms with Gasteiger partial charge in [-0.05, 0) is 55.0 Å². The molecule has 5 nitrogen and oxygen atoms in total. The van der Waals surface area contributed by atoms with Gasteiger partial charge in [0, 0.05) is 35.1 Å². The first-order chi connectivity index (χ1) is 13.1. The average Bonchev–Trinajstić information content (AvgIpc) is 2.67. The van der Waals surface area contributed by atoms with Crippen LogP contribution in [-0.2, 0) is 6.54 Å². The smallest absolute Gasteiger partial charge is 0.255 e. The maximum Gasteiger partial charge on any atom is 0.255 e. The molecule has 0 fully saturated rings. The summed E-state index contributed by atoms with van der Waals surface area (Å²) < 4.78 is 5.81. The number of hydrogen-bond donors (Lipinski definition) is 2. The van der Waals surface area contributed by atoms with Crippen molar-refractivity contribution in [2.75, 3.05) is 5.32 Å². The van der Waals surface area contributed by atoms with E-state index >= 15 is 0 Å². The molecule has 1 heterocycles. The van der Waals surface area contributed by atoms with Gasteiger partial charge in [-0.1, -0.05) is 18.1 Å². The van der Waals surface area contributed by atoms with Crippen LogP contribution in [0.2, 0.25) is 0 Å². The molecule has 0 atom stereocenters. The third kappa shape index (κ3) is 4.72. The number of aromatic nitrogens is 1. The zero-order valence-corrected chi connectivity index (χ0v) is 14.9. The number of ether oxygens (including phenoxy) is 1. The van der Waals surface area contributed by atoms with Crippen molar-refractivity contribution in [2.45, 2.75) is 13.5 Å².